The van der Waals surface area contributed by atoms with Crippen molar-refractivity contribution in [1.29, 1.82) is 0 Å². The number of carbonyl (C=O) groups is 1. The van der Waals surface area contributed by atoms with Crippen LogP contribution in [0.25, 0.3) is 0 Å². The first kappa shape index (κ1) is 10.5. The topological polar surface area (TPSA) is 49.3 Å². The number of carbonyl (C=O) groups excluding carboxylic acids is 1. The average molecular weight is 185 g/mol. The van der Waals surface area contributed by atoms with E-state index in [-0.39, 0.29) is 24.0 Å². The molecule has 1 fully saturated rings. The first-order valence-corrected chi connectivity index (χ1v) is 4.99. The molecule has 1 aliphatic rings. The maximum Gasteiger partial charge on any atom is 0.223 e. The molecule has 0 spiro atoms. The van der Waals surface area contributed by atoms with E-state index in [4.69, 9.17) is 5.11 Å². The number of aliphatic hydroxyl groups is 1. The number of amides is 1. The van der Waals surface area contributed by atoms with E-state index in [1.165, 1.54) is 0 Å². The first-order chi connectivity index (χ1) is 6.00. The van der Waals surface area contributed by atoms with E-state index in [0.29, 0.717) is 12.3 Å². The van der Waals surface area contributed by atoms with Gasteiger partial charge in [-0.1, -0.05) is 6.92 Å². The Balaban J connectivity index is 2.20. The van der Waals surface area contributed by atoms with Crippen molar-refractivity contribution in [3.63, 3.8) is 0 Å². The van der Waals surface area contributed by atoms with Crippen molar-refractivity contribution in [2.75, 3.05) is 0 Å². The monoisotopic (exact) mass is 185 g/mol. The van der Waals surface area contributed by atoms with Crippen molar-refractivity contribution < 1.29 is 9.90 Å². The van der Waals surface area contributed by atoms with E-state index < -0.39 is 0 Å². The lowest BCUT2D eigenvalue weighted by Gasteiger charge is -2.15. The van der Waals surface area contributed by atoms with Crippen LogP contribution in [0.1, 0.15) is 33.6 Å². The van der Waals surface area contributed by atoms with Gasteiger partial charge in [0.25, 0.3) is 0 Å². The van der Waals surface area contributed by atoms with Crippen LogP contribution in [0.3, 0.4) is 0 Å². The van der Waals surface area contributed by atoms with Crippen molar-refractivity contribution in [3.05, 3.63) is 0 Å². The molecule has 3 heteroatoms. The Kier molecular flexibility index (Phi) is 3.31. The third kappa shape index (κ3) is 3.35. The van der Waals surface area contributed by atoms with Crippen LogP contribution >= 0.6 is 0 Å². The van der Waals surface area contributed by atoms with Gasteiger partial charge in [0.1, 0.15) is 0 Å². The Morgan fingerprint density at radius 3 is 2.54 bits per heavy atom. The van der Waals surface area contributed by atoms with Gasteiger partial charge in [0.2, 0.25) is 5.91 Å². The van der Waals surface area contributed by atoms with Gasteiger partial charge < -0.3 is 10.4 Å². The van der Waals surface area contributed by atoms with E-state index in [2.05, 4.69) is 12.2 Å². The molecule has 0 aromatic rings. The second-order valence-corrected chi connectivity index (χ2v) is 4.31. The highest BCUT2D eigenvalue weighted by atomic mass is 16.3. The molecular formula is C10H19NO2. The third-order valence-corrected chi connectivity index (χ3v) is 2.53. The number of rotatable bonds is 4. The molecule has 4 atom stereocenters. The first-order valence-electron chi connectivity index (χ1n) is 4.99. The number of hydrogen-bond donors (Lipinski definition) is 2. The van der Waals surface area contributed by atoms with E-state index >= 15 is 0 Å². The summed E-state index contributed by atoms with van der Waals surface area (Å²) < 4.78 is 0. The van der Waals surface area contributed by atoms with Crippen LogP contribution in [-0.4, -0.2) is 23.2 Å². The maximum absolute atomic E-state index is 11.4. The van der Waals surface area contributed by atoms with Crippen molar-refractivity contribution in [1.82, 2.24) is 5.32 Å². The third-order valence-electron chi connectivity index (χ3n) is 2.53. The van der Waals surface area contributed by atoms with Gasteiger partial charge in [0.15, 0.2) is 0 Å². The molecule has 76 valence electrons. The van der Waals surface area contributed by atoms with Gasteiger partial charge in [-0.25, -0.2) is 0 Å². The zero-order valence-corrected chi connectivity index (χ0v) is 8.58. The maximum atomic E-state index is 11.4. The molecule has 0 saturated heterocycles. The minimum atomic E-state index is -0.341. The molecule has 1 saturated carbocycles. The second-order valence-electron chi connectivity index (χ2n) is 4.31. The lowest BCUT2D eigenvalue weighted by Crippen LogP contribution is -2.35. The lowest BCUT2D eigenvalue weighted by atomic mass is 10.1. The van der Waals surface area contributed by atoms with E-state index in [0.717, 1.165) is 6.42 Å². The SMILES string of the molecule is CC(O)CC(C)NC(=O)C1CC1C. The lowest BCUT2D eigenvalue weighted by molar-refractivity contribution is -0.123. The summed E-state index contributed by atoms with van der Waals surface area (Å²) in [6.07, 6.45) is 1.31. The zero-order valence-electron chi connectivity index (χ0n) is 8.58. The molecule has 4 unspecified atom stereocenters. The standard InChI is InChI=1S/C10H19NO2/c1-6-4-9(6)10(13)11-7(2)5-8(3)12/h6-9,12H,4-5H2,1-3H3,(H,11,13). The molecule has 0 heterocycles. The Morgan fingerprint density at radius 1 is 1.62 bits per heavy atom. The number of nitrogens with one attached hydrogen (secondary N) is 1. The van der Waals surface area contributed by atoms with Crippen molar-refractivity contribution in [3.8, 4) is 0 Å². The Morgan fingerprint density at radius 2 is 2.15 bits per heavy atom. The molecule has 0 aliphatic heterocycles. The van der Waals surface area contributed by atoms with Gasteiger partial charge in [-0.15, -0.1) is 0 Å². The Labute approximate surface area is 79.5 Å². The minimum Gasteiger partial charge on any atom is -0.393 e. The van der Waals surface area contributed by atoms with E-state index in [1.807, 2.05) is 6.92 Å². The smallest absolute Gasteiger partial charge is 0.223 e. The molecule has 3 nitrogen and oxygen atoms in total. The molecule has 0 aromatic carbocycles. The highest BCUT2D eigenvalue weighted by Gasteiger charge is 2.39. The predicted molar refractivity (Wildman–Crippen MR) is 51.2 cm³/mol. The number of aliphatic hydroxyl groups excluding tert-OH is 1. The molecular weight excluding hydrogens is 166 g/mol. The van der Waals surface area contributed by atoms with Crippen LogP contribution in [0, 0.1) is 11.8 Å². The Bertz CT molecular complexity index is 191. The molecule has 1 rings (SSSR count). The second kappa shape index (κ2) is 4.09. The molecule has 1 aliphatic carbocycles. The van der Waals surface area contributed by atoms with Gasteiger partial charge in [-0.2, -0.15) is 0 Å². The fourth-order valence-electron chi connectivity index (χ4n) is 1.61. The zero-order chi connectivity index (χ0) is 10.0. The molecule has 1 amide bonds. The average Bonchev–Trinajstić information content (AvgIpc) is 2.64. The fraction of sp³-hybridized carbons (Fsp3) is 0.900. The molecule has 0 aromatic heterocycles. The van der Waals surface area contributed by atoms with Crippen molar-refractivity contribution in [2.45, 2.75) is 45.8 Å². The molecule has 13 heavy (non-hydrogen) atoms. The summed E-state index contributed by atoms with van der Waals surface area (Å²) in [7, 11) is 0. The summed E-state index contributed by atoms with van der Waals surface area (Å²) in [5, 5.41) is 12.0. The largest absolute Gasteiger partial charge is 0.393 e. The van der Waals surface area contributed by atoms with Crippen molar-refractivity contribution in [2.24, 2.45) is 11.8 Å². The van der Waals surface area contributed by atoms with E-state index in [9.17, 15) is 4.79 Å². The van der Waals surface area contributed by atoms with Crippen LogP contribution in [0.4, 0.5) is 0 Å². The normalized spacial score (nSPS) is 30.8. The molecule has 0 radical (unpaired) electrons. The van der Waals surface area contributed by atoms with Crippen LogP contribution < -0.4 is 5.32 Å². The Hall–Kier alpha value is -0.570. The summed E-state index contributed by atoms with van der Waals surface area (Å²) >= 11 is 0. The summed E-state index contributed by atoms with van der Waals surface area (Å²) in [5.41, 5.74) is 0. The summed E-state index contributed by atoms with van der Waals surface area (Å²) in [5.74, 6) is 0.941. The van der Waals surface area contributed by atoms with Crippen LogP contribution in [0.15, 0.2) is 0 Å². The van der Waals surface area contributed by atoms with Crippen LogP contribution in [-0.2, 0) is 4.79 Å². The van der Waals surface area contributed by atoms with Gasteiger partial charge in [0, 0.05) is 12.0 Å². The summed E-state index contributed by atoms with van der Waals surface area (Å²) in [6.45, 7) is 5.75. The van der Waals surface area contributed by atoms with Crippen LogP contribution in [0.5, 0.6) is 0 Å². The highest BCUT2D eigenvalue weighted by Crippen LogP contribution is 2.37. The fourth-order valence-corrected chi connectivity index (χ4v) is 1.61. The predicted octanol–water partition coefficient (Wildman–Crippen LogP) is 0.918. The van der Waals surface area contributed by atoms with E-state index in [1.54, 1.807) is 6.92 Å². The van der Waals surface area contributed by atoms with Gasteiger partial charge in [-0.05, 0) is 32.6 Å². The summed E-state index contributed by atoms with van der Waals surface area (Å²) in [4.78, 5) is 11.4. The van der Waals surface area contributed by atoms with Gasteiger partial charge >= 0.3 is 0 Å². The number of hydrogen-bond acceptors (Lipinski definition) is 2. The quantitative estimate of drug-likeness (QED) is 0.684. The molecule has 2 N–H and O–H groups in total. The summed E-state index contributed by atoms with van der Waals surface area (Å²) in [6, 6.07) is 0.0836. The minimum absolute atomic E-state index is 0.0836. The van der Waals surface area contributed by atoms with Gasteiger partial charge in [-0.3, -0.25) is 4.79 Å². The highest BCUT2D eigenvalue weighted by molar-refractivity contribution is 5.81. The molecule has 0 bridgehead atoms. The van der Waals surface area contributed by atoms with Crippen molar-refractivity contribution >= 4 is 5.91 Å². The van der Waals surface area contributed by atoms with Crippen LogP contribution in [0.2, 0.25) is 0 Å². The van der Waals surface area contributed by atoms with Gasteiger partial charge in [0.05, 0.1) is 6.10 Å².